The predicted molar refractivity (Wildman–Crippen MR) is 89.5 cm³/mol. The maximum Gasteiger partial charge on any atom is 0.433 e. The maximum absolute atomic E-state index is 13.1. The lowest BCUT2D eigenvalue weighted by atomic mass is 10.2. The van der Waals surface area contributed by atoms with Crippen LogP contribution < -0.4 is 10.6 Å². The first-order chi connectivity index (χ1) is 11.7. The molecule has 5 nitrogen and oxygen atoms in total. The van der Waals surface area contributed by atoms with Crippen LogP contribution in [0.5, 0.6) is 0 Å². The van der Waals surface area contributed by atoms with E-state index in [-0.39, 0.29) is 22.2 Å². The molecule has 0 spiro atoms. The van der Waals surface area contributed by atoms with Gasteiger partial charge in [0.2, 0.25) is 0 Å². The highest BCUT2D eigenvalue weighted by atomic mass is 35.5. The smallest absolute Gasteiger partial charge is 0.362 e. The van der Waals surface area contributed by atoms with Gasteiger partial charge < -0.3 is 4.90 Å². The van der Waals surface area contributed by atoms with Gasteiger partial charge in [0.1, 0.15) is 11.5 Å². The lowest BCUT2D eigenvalue weighted by Gasteiger charge is -2.18. The average Bonchev–Trinajstić information content (AvgIpc) is 2.53. The average molecular weight is 369 g/mol. The van der Waals surface area contributed by atoms with E-state index in [2.05, 4.69) is 9.97 Å². The van der Waals surface area contributed by atoms with E-state index in [4.69, 9.17) is 11.6 Å². The number of fused-ring (bicyclic) bond motifs is 1. The van der Waals surface area contributed by atoms with Crippen molar-refractivity contribution in [1.82, 2.24) is 14.5 Å². The van der Waals surface area contributed by atoms with Gasteiger partial charge in [0.05, 0.1) is 16.1 Å². The Hall–Kier alpha value is -2.61. The van der Waals surface area contributed by atoms with Crippen LogP contribution in [0, 0.1) is 0 Å². The zero-order valence-electron chi connectivity index (χ0n) is 13.2. The van der Waals surface area contributed by atoms with Gasteiger partial charge in [-0.15, -0.1) is 0 Å². The molecular weight excluding hydrogens is 357 g/mol. The van der Waals surface area contributed by atoms with Crippen molar-refractivity contribution in [2.45, 2.75) is 6.18 Å². The molecule has 0 aliphatic heterocycles. The fourth-order valence-corrected chi connectivity index (χ4v) is 2.65. The third-order valence-corrected chi connectivity index (χ3v) is 3.85. The maximum atomic E-state index is 13.1. The van der Waals surface area contributed by atoms with E-state index >= 15 is 0 Å². The number of nitrogens with zero attached hydrogens (tertiary/aromatic N) is 4. The lowest BCUT2D eigenvalue weighted by Crippen LogP contribution is -2.27. The number of hydrogen-bond donors (Lipinski definition) is 0. The lowest BCUT2D eigenvalue weighted by molar-refractivity contribution is -0.141. The normalized spacial score (nSPS) is 11.8. The van der Waals surface area contributed by atoms with Gasteiger partial charge in [0, 0.05) is 14.1 Å². The second kappa shape index (κ2) is 6.03. The summed E-state index contributed by atoms with van der Waals surface area (Å²) in [4.78, 5) is 21.7. The van der Waals surface area contributed by atoms with Crippen LogP contribution in [-0.4, -0.2) is 28.6 Å². The standard InChI is InChI=1S/C16H12ClF3N4O/c1-23(2)13-9-7-8-12(16(18,19)20)21-14(9)24(15(25)22-13)11-6-4-3-5-10(11)17/h3-8H,1-2H3. The first-order valence-electron chi connectivity index (χ1n) is 7.13. The Morgan fingerprint density at radius 2 is 1.76 bits per heavy atom. The summed E-state index contributed by atoms with van der Waals surface area (Å²) in [6.45, 7) is 0. The van der Waals surface area contributed by atoms with Crippen molar-refractivity contribution < 1.29 is 13.2 Å². The van der Waals surface area contributed by atoms with Crippen LogP contribution in [0.3, 0.4) is 0 Å². The molecule has 3 rings (SSSR count). The molecule has 0 unspecified atom stereocenters. The van der Waals surface area contributed by atoms with Crippen LogP contribution in [0.15, 0.2) is 41.2 Å². The summed E-state index contributed by atoms with van der Waals surface area (Å²) in [5.74, 6) is 0.226. The Balaban J connectivity index is 2.48. The van der Waals surface area contributed by atoms with Crippen LogP contribution in [0.4, 0.5) is 19.0 Å². The first kappa shape index (κ1) is 17.2. The van der Waals surface area contributed by atoms with Gasteiger partial charge in [0.15, 0.2) is 5.65 Å². The minimum Gasteiger partial charge on any atom is -0.362 e. The second-order valence-electron chi connectivity index (χ2n) is 5.46. The number of hydrogen-bond acceptors (Lipinski definition) is 4. The minimum absolute atomic E-state index is 0.161. The monoisotopic (exact) mass is 368 g/mol. The van der Waals surface area contributed by atoms with Crippen LogP contribution in [0.2, 0.25) is 5.02 Å². The van der Waals surface area contributed by atoms with E-state index in [9.17, 15) is 18.0 Å². The Kier molecular flexibility index (Phi) is 4.16. The first-order valence-corrected chi connectivity index (χ1v) is 7.51. The molecule has 9 heteroatoms. The van der Waals surface area contributed by atoms with Crippen molar-refractivity contribution in [3.05, 3.63) is 57.6 Å². The Morgan fingerprint density at radius 1 is 1.08 bits per heavy atom. The zero-order chi connectivity index (χ0) is 18.4. The van der Waals surface area contributed by atoms with Crippen LogP contribution in [0.1, 0.15) is 5.69 Å². The molecule has 0 aliphatic rings. The Labute approximate surface area is 145 Å². The van der Waals surface area contributed by atoms with E-state index in [1.54, 1.807) is 26.2 Å². The van der Waals surface area contributed by atoms with E-state index in [1.165, 1.54) is 23.1 Å². The molecule has 0 aliphatic carbocycles. The summed E-state index contributed by atoms with van der Waals surface area (Å²) >= 11 is 6.12. The molecule has 0 amide bonds. The quantitative estimate of drug-likeness (QED) is 0.694. The molecule has 2 heterocycles. The van der Waals surface area contributed by atoms with Gasteiger partial charge in [0.25, 0.3) is 0 Å². The molecule has 0 atom stereocenters. The van der Waals surface area contributed by atoms with E-state index in [0.29, 0.717) is 5.39 Å². The Morgan fingerprint density at radius 3 is 2.36 bits per heavy atom. The third kappa shape index (κ3) is 3.05. The molecule has 0 saturated heterocycles. The van der Waals surface area contributed by atoms with E-state index in [0.717, 1.165) is 10.6 Å². The van der Waals surface area contributed by atoms with Gasteiger partial charge in [-0.25, -0.2) is 14.3 Å². The van der Waals surface area contributed by atoms with Gasteiger partial charge in [-0.05, 0) is 24.3 Å². The van der Waals surface area contributed by atoms with Crippen molar-refractivity contribution in [1.29, 1.82) is 0 Å². The largest absolute Gasteiger partial charge is 0.433 e. The number of benzene rings is 1. The number of aromatic nitrogens is 3. The molecular formula is C16H12ClF3N4O. The summed E-state index contributed by atoms with van der Waals surface area (Å²) < 4.78 is 40.2. The number of anilines is 1. The molecule has 0 N–H and O–H groups in total. The van der Waals surface area contributed by atoms with Crippen molar-refractivity contribution in [3.63, 3.8) is 0 Å². The van der Waals surface area contributed by atoms with Crippen LogP contribution in [-0.2, 0) is 6.18 Å². The predicted octanol–water partition coefficient (Wildman–Crippen LogP) is 3.52. The molecule has 2 aromatic heterocycles. The summed E-state index contributed by atoms with van der Waals surface area (Å²) in [5, 5.41) is 0.502. The minimum atomic E-state index is -4.64. The highest BCUT2D eigenvalue weighted by Gasteiger charge is 2.33. The molecule has 0 saturated carbocycles. The highest BCUT2D eigenvalue weighted by molar-refractivity contribution is 6.32. The fourth-order valence-electron chi connectivity index (χ4n) is 2.43. The summed E-state index contributed by atoms with van der Waals surface area (Å²) in [7, 11) is 3.28. The van der Waals surface area contributed by atoms with Crippen LogP contribution >= 0.6 is 11.6 Å². The van der Waals surface area contributed by atoms with E-state index < -0.39 is 17.6 Å². The third-order valence-electron chi connectivity index (χ3n) is 3.53. The molecule has 130 valence electrons. The van der Waals surface area contributed by atoms with Gasteiger partial charge in [-0.3, -0.25) is 0 Å². The van der Waals surface area contributed by atoms with Crippen molar-refractivity contribution in [2.75, 3.05) is 19.0 Å². The molecule has 0 bridgehead atoms. The molecule has 1 aromatic carbocycles. The number of halogens is 4. The summed E-state index contributed by atoms with van der Waals surface area (Å²) in [6, 6.07) is 8.42. The zero-order valence-corrected chi connectivity index (χ0v) is 13.9. The summed E-state index contributed by atoms with van der Waals surface area (Å²) in [5.41, 5.74) is -1.82. The van der Waals surface area contributed by atoms with Crippen molar-refractivity contribution in [2.24, 2.45) is 0 Å². The van der Waals surface area contributed by atoms with Crippen molar-refractivity contribution >= 4 is 28.5 Å². The molecule has 0 radical (unpaired) electrons. The topological polar surface area (TPSA) is 51.0 Å². The molecule has 0 fully saturated rings. The van der Waals surface area contributed by atoms with Gasteiger partial charge >= 0.3 is 11.9 Å². The summed E-state index contributed by atoms with van der Waals surface area (Å²) in [6.07, 6.45) is -4.64. The number of rotatable bonds is 2. The van der Waals surface area contributed by atoms with Crippen LogP contribution in [0.25, 0.3) is 16.7 Å². The van der Waals surface area contributed by atoms with Crippen molar-refractivity contribution in [3.8, 4) is 5.69 Å². The SMILES string of the molecule is CN(C)c1nc(=O)n(-c2ccccc2Cl)c2nc(C(F)(F)F)ccc12. The Bertz CT molecular complexity index is 1010. The molecule has 25 heavy (non-hydrogen) atoms. The number of pyridine rings is 1. The second-order valence-corrected chi connectivity index (χ2v) is 5.87. The molecule has 3 aromatic rings. The highest BCUT2D eigenvalue weighted by Crippen LogP contribution is 2.31. The number of alkyl halides is 3. The van der Waals surface area contributed by atoms with E-state index in [1.807, 2.05) is 0 Å². The van der Waals surface area contributed by atoms with Gasteiger partial charge in [-0.1, -0.05) is 23.7 Å². The van der Waals surface area contributed by atoms with Gasteiger partial charge in [-0.2, -0.15) is 18.2 Å². The fraction of sp³-hybridized carbons (Fsp3) is 0.188. The number of para-hydroxylation sites is 1.